The molecule has 0 aromatic carbocycles. The lowest BCUT2D eigenvalue weighted by Gasteiger charge is -2.09. The lowest BCUT2D eigenvalue weighted by molar-refractivity contribution is 1.00. The smallest absolute Gasteiger partial charge is 0.0805 e. The zero-order chi connectivity index (χ0) is 8.60. The van der Waals surface area contributed by atoms with Gasteiger partial charge in [-0.1, -0.05) is 43.2 Å². The summed E-state index contributed by atoms with van der Waals surface area (Å²) in [5.41, 5.74) is 0. The monoisotopic (exact) mass is 177 g/mol. The molecule has 2 aliphatic rings. The van der Waals surface area contributed by atoms with Crippen molar-refractivity contribution in [2.45, 2.75) is 45.2 Å². The number of fused-ring (bicyclic) bond motifs is 1. The summed E-state index contributed by atoms with van der Waals surface area (Å²) in [6, 6.07) is 2.99. The maximum atomic E-state index is 3.54. The highest BCUT2D eigenvalue weighted by atomic mass is 28.3. The van der Waals surface area contributed by atoms with Gasteiger partial charge in [0.05, 0.1) is 0 Å². The van der Waals surface area contributed by atoms with E-state index in [0.29, 0.717) is 0 Å². The Hall–Kier alpha value is -0.303. The van der Waals surface area contributed by atoms with Crippen LogP contribution in [0.5, 0.6) is 0 Å². The Morgan fingerprint density at radius 1 is 1.33 bits per heavy atom. The third kappa shape index (κ3) is 0.956. The molecule has 1 aliphatic carbocycles. The fraction of sp³-hybridized carbons (Fsp3) is 0.636. The number of allylic oxidation sites excluding steroid dienone is 4. The van der Waals surface area contributed by atoms with Crippen LogP contribution in [0, 0.1) is 6.08 Å². The minimum atomic E-state index is -0.933. The summed E-state index contributed by atoms with van der Waals surface area (Å²) >= 11 is 0. The standard InChI is InChI=1S/C11H17Si/c1-3-8-12(9-4-2)10-6-5-7-11(10)12/h6H,3-5,8-9H2,1-2H3. The Morgan fingerprint density at radius 2 is 2.00 bits per heavy atom. The van der Waals surface area contributed by atoms with Crippen molar-refractivity contribution in [3.8, 4) is 0 Å². The molecule has 1 saturated heterocycles. The number of hydrogen-bond donors (Lipinski definition) is 0. The molecule has 1 radical (unpaired) electrons. The summed E-state index contributed by atoms with van der Waals surface area (Å²) in [6.45, 7) is 4.64. The average molecular weight is 177 g/mol. The molecule has 0 amide bonds. The Balaban J connectivity index is 2.12. The minimum Gasteiger partial charge on any atom is -0.0805 e. The lowest BCUT2D eigenvalue weighted by Crippen LogP contribution is -2.15. The van der Waals surface area contributed by atoms with Crippen molar-refractivity contribution >= 4 is 8.07 Å². The van der Waals surface area contributed by atoms with Crippen LogP contribution in [0.1, 0.15) is 33.1 Å². The van der Waals surface area contributed by atoms with Crippen molar-refractivity contribution < 1.29 is 0 Å². The summed E-state index contributed by atoms with van der Waals surface area (Å²) in [7, 11) is -0.933. The zero-order valence-corrected chi connectivity index (χ0v) is 9.11. The van der Waals surface area contributed by atoms with E-state index in [2.05, 4.69) is 26.0 Å². The van der Waals surface area contributed by atoms with Gasteiger partial charge in [0.2, 0.25) is 0 Å². The van der Waals surface area contributed by atoms with Gasteiger partial charge in [-0.05, 0) is 24.6 Å². The van der Waals surface area contributed by atoms with Gasteiger partial charge in [0.15, 0.2) is 0 Å². The molecule has 0 saturated carbocycles. The highest BCUT2D eigenvalue weighted by Crippen LogP contribution is 2.56. The normalized spacial score (nSPS) is 23.2. The van der Waals surface area contributed by atoms with Crippen molar-refractivity contribution in [2.75, 3.05) is 0 Å². The Labute approximate surface area is 76.4 Å². The predicted octanol–water partition coefficient (Wildman–Crippen LogP) is 3.41. The van der Waals surface area contributed by atoms with Crippen molar-refractivity contribution in [2.24, 2.45) is 0 Å². The molecule has 0 bridgehead atoms. The first-order chi connectivity index (χ1) is 5.85. The van der Waals surface area contributed by atoms with Crippen LogP contribution in [0.15, 0.2) is 16.5 Å². The molecule has 0 aromatic heterocycles. The van der Waals surface area contributed by atoms with Crippen molar-refractivity contribution in [3.05, 3.63) is 22.5 Å². The van der Waals surface area contributed by atoms with Gasteiger partial charge in [-0.25, -0.2) is 0 Å². The van der Waals surface area contributed by atoms with Crippen LogP contribution in [0.2, 0.25) is 12.1 Å². The van der Waals surface area contributed by atoms with Gasteiger partial charge in [0.1, 0.15) is 8.07 Å². The largest absolute Gasteiger partial charge is 0.117 e. The topological polar surface area (TPSA) is 0 Å². The van der Waals surface area contributed by atoms with Gasteiger partial charge in [0, 0.05) is 0 Å². The third-order valence-corrected chi connectivity index (χ3v) is 8.49. The number of rotatable bonds is 4. The van der Waals surface area contributed by atoms with Crippen LogP contribution < -0.4 is 0 Å². The van der Waals surface area contributed by atoms with Crippen LogP contribution >= 0.6 is 0 Å². The molecular weight excluding hydrogens is 160 g/mol. The highest BCUT2D eigenvalue weighted by Gasteiger charge is 2.55. The van der Waals surface area contributed by atoms with Crippen LogP contribution in [-0.2, 0) is 0 Å². The molecule has 0 nitrogen and oxygen atoms in total. The predicted molar refractivity (Wildman–Crippen MR) is 55.4 cm³/mol. The summed E-state index contributed by atoms with van der Waals surface area (Å²) in [4.78, 5) is 0. The molecule has 2 rings (SSSR count). The fourth-order valence-corrected chi connectivity index (χ4v) is 8.11. The lowest BCUT2D eigenvalue weighted by atomic mass is 10.5. The molecule has 65 valence electrons. The average Bonchev–Trinajstić information content (AvgIpc) is 2.51. The molecule has 0 unspecified atom stereocenters. The molecule has 12 heavy (non-hydrogen) atoms. The van der Waals surface area contributed by atoms with E-state index in [4.69, 9.17) is 0 Å². The first-order valence-electron chi connectivity index (χ1n) is 5.17. The molecule has 0 spiro atoms. The third-order valence-electron chi connectivity index (χ3n) is 3.14. The van der Waals surface area contributed by atoms with Gasteiger partial charge in [-0.15, -0.1) is 0 Å². The quantitative estimate of drug-likeness (QED) is 0.577. The zero-order valence-electron chi connectivity index (χ0n) is 8.11. The van der Waals surface area contributed by atoms with Gasteiger partial charge in [-0.3, -0.25) is 0 Å². The molecule has 1 heteroatoms. The van der Waals surface area contributed by atoms with Crippen LogP contribution in [0.25, 0.3) is 0 Å². The summed E-state index contributed by atoms with van der Waals surface area (Å²) in [6.07, 6.45) is 9.83. The summed E-state index contributed by atoms with van der Waals surface area (Å²) < 4.78 is 0. The van der Waals surface area contributed by atoms with Gasteiger partial charge < -0.3 is 0 Å². The second-order valence-electron chi connectivity index (χ2n) is 3.96. The summed E-state index contributed by atoms with van der Waals surface area (Å²) in [5.74, 6) is 0. The molecule has 0 atom stereocenters. The van der Waals surface area contributed by atoms with Gasteiger partial charge >= 0.3 is 0 Å². The van der Waals surface area contributed by atoms with E-state index < -0.39 is 8.07 Å². The molecule has 0 aromatic rings. The van der Waals surface area contributed by atoms with E-state index >= 15 is 0 Å². The Bertz CT molecular complexity index is 222. The van der Waals surface area contributed by atoms with E-state index in [-0.39, 0.29) is 0 Å². The molecular formula is C11H17Si. The maximum Gasteiger partial charge on any atom is 0.117 e. The second-order valence-corrected chi connectivity index (χ2v) is 8.16. The van der Waals surface area contributed by atoms with Gasteiger partial charge in [0.25, 0.3) is 0 Å². The van der Waals surface area contributed by atoms with E-state index in [0.717, 1.165) is 6.42 Å². The van der Waals surface area contributed by atoms with E-state index in [1.807, 2.05) is 0 Å². The first-order valence-corrected chi connectivity index (χ1v) is 7.59. The first kappa shape index (κ1) is 8.30. The molecule has 1 aliphatic heterocycles. The SMILES string of the molecule is CCC[Si]1(CCC)C2=[C]CC=C21. The molecule has 1 heterocycles. The van der Waals surface area contributed by atoms with Crippen molar-refractivity contribution in [1.29, 1.82) is 0 Å². The van der Waals surface area contributed by atoms with E-state index in [1.165, 1.54) is 24.9 Å². The fourth-order valence-electron chi connectivity index (χ4n) is 2.70. The van der Waals surface area contributed by atoms with Crippen LogP contribution in [-0.4, -0.2) is 8.07 Å². The molecule has 1 fully saturated rings. The van der Waals surface area contributed by atoms with Crippen molar-refractivity contribution in [3.63, 3.8) is 0 Å². The second kappa shape index (κ2) is 2.88. The highest BCUT2D eigenvalue weighted by molar-refractivity contribution is 7.07. The van der Waals surface area contributed by atoms with E-state index in [9.17, 15) is 0 Å². The minimum absolute atomic E-state index is 0.933. The van der Waals surface area contributed by atoms with E-state index in [1.54, 1.807) is 10.4 Å². The summed E-state index contributed by atoms with van der Waals surface area (Å²) in [5, 5.41) is 3.50. The van der Waals surface area contributed by atoms with Crippen LogP contribution in [0.4, 0.5) is 0 Å². The van der Waals surface area contributed by atoms with Gasteiger partial charge in [-0.2, -0.15) is 0 Å². The van der Waals surface area contributed by atoms with Crippen molar-refractivity contribution in [1.82, 2.24) is 0 Å². The maximum absolute atomic E-state index is 3.54. The van der Waals surface area contributed by atoms with Crippen LogP contribution in [0.3, 0.4) is 0 Å². The molecule has 0 N–H and O–H groups in total. The Morgan fingerprint density at radius 3 is 2.42 bits per heavy atom. The number of hydrogen-bond acceptors (Lipinski definition) is 0. The Kier molecular flexibility index (Phi) is 1.99.